The second-order valence-corrected chi connectivity index (χ2v) is 4.48. The van der Waals surface area contributed by atoms with Crippen LogP contribution in [0.5, 0.6) is 11.5 Å². The predicted octanol–water partition coefficient (Wildman–Crippen LogP) is 3.43. The molecule has 3 rings (SSSR count). The zero-order valence-electron chi connectivity index (χ0n) is 9.72. The smallest absolute Gasteiger partial charge is 0.337 e. The standard InChI is InChI=1S/C14H9ClO4/c15-11-3-1-8(5-10(11)14(16)17)9-2-4-12-13(6-9)19-7-18-12/h1-6H,7H2,(H,16,17). The van der Waals surface area contributed by atoms with Crippen LogP contribution in [0.25, 0.3) is 11.1 Å². The molecule has 4 nitrogen and oxygen atoms in total. The first-order valence-electron chi connectivity index (χ1n) is 5.58. The van der Waals surface area contributed by atoms with Crippen molar-refractivity contribution < 1.29 is 19.4 Å². The maximum atomic E-state index is 11.1. The van der Waals surface area contributed by atoms with Crippen molar-refractivity contribution in [2.24, 2.45) is 0 Å². The topological polar surface area (TPSA) is 55.8 Å². The van der Waals surface area contributed by atoms with E-state index in [9.17, 15) is 4.79 Å². The summed E-state index contributed by atoms with van der Waals surface area (Å²) >= 11 is 5.85. The Kier molecular flexibility index (Phi) is 2.80. The quantitative estimate of drug-likeness (QED) is 0.913. The summed E-state index contributed by atoms with van der Waals surface area (Å²) in [6.07, 6.45) is 0. The van der Waals surface area contributed by atoms with Gasteiger partial charge in [-0.25, -0.2) is 4.79 Å². The lowest BCUT2D eigenvalue weighted by Crippen LogP contribution is -1.97. The summed E-state index contributed by atoms with van der Waals surface area (Å²) in [6, 6.07) is 10.4. The number of ether oxygens (including phenoxy) is 2. The highest BCUT2D eigenvalue weighted by molar-refractivity contribution is 6.33. The third-order valence-electron chi connectivity index (χ3n) is 2.90. The summed E-state index contributed by atoms with van der Waals surface area (Å²) in [7, 11) is 0. The number of rotatable bonds is 2. The van der Waals surface area contributed by atoms with Crippen molar-refractivity contribution in [2.45, 2.75) is 0 Å². The summed E-state index contributed by atoms with van der Waals surface area (Å²) in [5.41, 5.74) is 1.69. The molecule has 0 bridgehead atoms. The average Bonchev–Trinajstić information content (AvgIpc) is 2.86. The first kappa shape index (κ1) is 11.9. The van der Waals surface area contributed by atoms with Crippen LogP contribution in [0.1, 0.15) is 10.4 Å². The molecule has 0 radical (unpaired) electrons. The molecular formula is C14H9ClO4. The van der Waals surface area contributed by atoms with Gasteiger partial charge in [0.15, 0.2) is 11.5 Å². The first-order valence-corrected chi connectivity index (χ1v) is 5.96. The molecule has 0 saturated heterocycles. The van der Waals surface area contributed by atoms with Gasteiger partial charge in [0, 0.05) is 0 Å². The highest BCUT2D eigenvalue weighted by atomic mass is 35.5. The van der Waals surface area contributed by atoms with E-state index < -0.39 is 5.97 Å². The molecule has 0 amide bonds. The minimum atomic E-state index is -1.05. The molecule has 1 aliphatic rings. The third-order valence-corrected chi connectivity index (χ3v) is 3.23. The van der Waals surface area contributed by atoms with Crippen LogP contribution in [0, 0.1) is 0 Å². The van der Waals surface area contributed by atoms with E-state index in [0.29, 0.717) is 11.5 Å². The number of hydrogen-bond acceptors (Lipinski definition) is 3. The number of carboxylic acids is 1. The minimum absolute atomic E-state index is 0.0804. The van der Waals surface area contributed by atoms with Gasteiger partial charge in [-0.3, -0.25) is 0 Å². The lowest BCUT2D eigenvalue weighted by molar-refractivity contribution is 0.0697. The van der Waals surface area contributed by atoms with E-state index in [-0.39, 0.29) is 17.4 Å². The number of aromatic carboxylic acids is 1. The van der Waals surface area contributed by atoms with Crippen LogP contribution in [0.3, 0.4) is 0 Å². The van der Waals surface area contributed by atoms with E-state index in [0.717, 1.165) is 11.1 Å². The molecule has 0 saturated carbocycles. The number of fused-ring (bicyclic) bond motifs is 1. The Morgan fingerprint density at radius 2 is 1.74 bits per heavy atom. The number of carboxylic acid groups (broad SMARTS) is 1. The highest BCUT2D eigenvalue weighted by Gasteiger charge is 2.15. The van der Waals surface area contributed by atoms with Gasteiger partial charge < -0.3 is 14.6 Å². The van der Waals surface area contributed by atoms with Gasteiger partial charge in [-0.2, -0.15) is 0 Å². The fraction of sp³-hybridized carbons (Fsp3) is 0.0714. The first-order chi connectivity index (χ1) is 9.15. The molecule has 5 heteroatoms. The van der Waals surface area contributed by atoms with Crippen molar-refractivity contribution in [1.29, 1.82) is 0 Å². The van der Waals surface area contributed by atoms with Crippen LogP contribution >= 0.6 is 11.6 Å². The van der Waals surface area contributed by atoms with Crippen molar-refractivity contribution in [2.75, 3.05) is 6.79 Å². The molecule has 19 heavy (non-hydrogen) atoms. The van der Waals surface area contributed by atoms with E-state index in [2.05, 4.69) is 0 Å². The Morgan fingerprint density at radius 3 is 2.53 bits per heavy atom. The molecule has 0 aromatic heterocycles. The molecule has 1 aliphatic heterocycles. The molecule has 0 atom stereocenters. The molecule has 2 aromatic rings. The Morgan fingerprint density at radius 1 is 1.05 bits per heavy atom. The van der Waals surface area contributed by atoms with Crippen LogP contribution < -0.4 is 9.47 Å². The maximum absolute atomic E-state index is 11.1. The molecule has 96 valence electrons. The Labute approximate surface area is 114 Å². The van der Waals surface area contributed by atoms with Gasteiger partial charge in [-0.05, 0) is 35.4 Å². The SMILES string of the molecule is O=C(O)c1cc(-c2ccc3c(c2)OCO3)ccc1Cl. The van der Waals surface area contributed by atoms with Gasteiger partial charge in [0.25, 0.3) is 0 Å². The van der Waals surface area contributed by atoms with Gasteiger partial charge >= 0.3 is 5.97 Å². The van der Waals surface area contributed by atoms with Gasteiger partial charge in [0.05, 0.1) is 10.6 Å². The van der Waals surface area contributed by atoms with Crippen LogP contribution in [0.2, 0.25) is 5.02 Å². The highest BCUT2D eigenvalue weighted by Crippen LogP contribution is 2.36. The third kappa shape index (κ3) is 2.11. The Balaban J connectivity index is 2.07. The Bertz CT molecular complexity index is 666. The second kappa shape index (κ2) is 4.48. The second-order valence-electron chi connectivity index (χ2n) is 4.07. The summed E-state index contributed by atoms with van der Waals surface area (Å²) in [5, 5.41) is 9.28. The van der Waals surface area contributed by atoms with Crippen LogP contribution in [0.15, 0.2) is 36.4 Å². The average molecular weight is 277 g/mol. The monoisotopic (exact) mass is 276 g/mol. The largest absolute Gasteiger partial charge is 0.478 e. The van der Waals surface area contributed by atoms with E-state index in [1.165, 1.54) is 0 Å². The molecule has 0 unspecified atom stereocenters. The lowest BCUT2D eigenvalue weighted by atomic mass is 10.0. The van der Waals surface area contributed by atoms with E-state index >= 15 is 0 Å². The van der Waals surface area contributed by atoms with Crippen molar-refractivity contribution in [3.63, 3.8) is 0 Å². The molecular weight excluding hydrogens is 268 g/mol. The van der Waals surface area contributed by atoms with E-state index in [1.54, 1.807) is 24.3 Å². The molecule has 0 aliphatic carbocycles. The molecule has 0 spiro atoms. The lowest BCUT2D eigenvalue weighted by Gasteiger charge is -2.06. The number of carbonyl (C=O) groups is 1. The molecule has 0 fully saturated rings. The van der Waals surface area contributed by atoms with Crippen molar-refractivity contribution >= 4 is 17.6 Å². The fourth-order valence-electron chi connectivity index (χ4n) is 1.94. The molecule has 1 N–H and O–H groups in total. The van der Waals surface area contributed by atoms with Gasteiger partial charge in [-0.15, -0.1) is 0 Å². The fourth-order valence-corrected chi connectivity index (χ4v) is 2.14. The van der Waals surface area contributed by atoms with E-state index in [4.69, 9.17) is 26.2 Å². The molecule has 1 heterocycles. The number of halogens is 1. The Hall–Kier alpha value is -2.20. The summed E-state index contributed by atoms with van der Waals surface area (Å²) in [4.78, 5) is 11.1. The normalized spacial score (nSPS) is 12.5. The van der Waals surface area contributed by atoms with Crippen molar-refractivity contribution in [1.82, 2.24) is 0 Å². The van der Waals surface area contributed by atoms with Crippen LogP contribution in [0.4, 0.5) is 0 Å². The maximum Gasteiger partial charge on any atom is 0.337 e. The number of benzene rings is 2. The minimum Gasteiger partial charge on any atom is -0.478 e. The summed E-state index contributed by atoms with van der Waals surface area (Å²) in [6.45, 7) is 0.208. The van der Waals surface area contributed by atoms with Crippen molar-refractivity contribution in [3.05, 3.63) is 47.0 Å². The van der Waals surface area contributed by atoms with Gasteiger partial charge in [0.2, 0.25) is 6.79 Å². The van der Waals surface area contributed by atoms with Crippen LogP contribution in [-0.2, 0) is 0 Å². The predicted molar refractivity (Wildman–Crippen MR) is 70.0 cm³/mol. The zero-order valence-corrected chi connectivity index (χ0v) is 10.5. The summed E-state index contributed by atoms with van der Waals surface area (Å²) in [5.74, 6) is 0.299. The van der Waals surface area contributed by atoms with Crippen LogP contribution in [-0.4, -0.2) is 17.9 Å². The van der Waals surface area contributed by atoms with Gasteiger partial charge in [0.1, 0.15) is 0 Å². The zero-order chi connectivity index (χ0) is 13.4. The van der Waals surface area contributed by atoms with Crippen molar-refractivity contribution in [3.8, 4) is 22.6 Å². The number of hydrogen-bond donors (Lipinski definition) is 1. The van der Waals surface area contributed by atoms with E-state index in [1.807, 2.05) is 12.1 Å². The molecule has 2 aromatic carbocycles. The summed E-state index contributed by atoms with van der Waals surface area (Å²) < 4.78 is 10.5. The van der Waals surface area contributed by atoms with Gasteiger partial charge in [-0.1, -0.05) is 23.7 Å².